The number of carboxylic acid groups (broad SMARTS) is 1. The standard InChI is InChI=1S/C14H18O3/c1-4-17-10-8-6-5-7-9(10)11-12(13(15)16)14(11,2)3/h5-8,11-12H,4H2,1-3H3,(H,15,16)/t11-,12+/m0/s1. The van der Waals surface area contributed by atoms with Crippen molar-refractivity contribution in [2.75, 3.05) is 6.61 Å². The fourth-order valence-corrected chi connectivity index (χ4v) is 2.70. The lowest BCUT2D eigenvalue weighted by Gasteiger charge is -2.10. The summed E-state index contributed by atoms with van der Waals surface area (Å²) in [5, 5.41) is 9.20. The zero-order chi connectivity index (χ0) is 12.6. The van der Waals surface area contributed by atoms with E-state index in [9.17, 15) is 9.90 Å². The summed E-state index contributed by atoms with van der Waals surface area (Å²) in [5.74, 6) is -0.144. The molecular weight excluding hydrogens is 216 g/mol. The van der Waals surface area contributed by atoms with Crippen molar-refractivity contribution in [2.24, 2.45) is 11.3 Å². The van der Waals surface area contributed by atoms with Gasteiger partial charge in [-0.1, -0.05) is 32.0 Å². The van der Waals surface area contributed by atoms with Gasteiger partial charge in [-0.05, 0) is 24.0 Å². The van der Waals surface area contributed by atoms with E-state index in [4.69, 9.17) is 4.74 Å². The smallest absolute Gasteiger partial charge is 0.307 e. The molecule has 1 aliphatic rings. The van der Waals surface area contributed by atoms with Gasteiger partial charge in [0.25, 0.3) is 0 Å². The maximum absolute atomic E-state index is 11.2. The van der Waals surface area contributed by atoms with Crippen molar-refractivity contribution >= 4 is 5.97 Å². The van der Waals surface area contributed by atoms with Gasteiger partial charge in [0, 0.05) is 5.92 Å². The number of benzene rings is 1. The van der Waals surface area contributed by atoms with Crippen molar-refractivity contribution in [3.63, 3.8) is 0 Å². The quantitative estimate of drug-likeness (QED) is 0.871. The molecule has 0 spiro atoms. The highest BCUT2D eigenvalue weighted by Gasteiger charge is 2.63. The predicted octanol–water partition coefficient (Wildman–Crippen LogP) is 2.91. The number of rotatable bonds is 4. The summed E-state index contributed by atoms with van der Waals surface area (Å²) in [4.78, 5) is 11.2. The predicted molar refractivity (Wildman–Crippen MR) is 65.3 cm³/mol. The van der Waals surface area contributed by atoms with Crippen molar-refractivity contribution in [3.05, 3.63) is 29.8 Å². The SMILES string of the molecule is CCOc1ccccc1[C@H]1[C@H](C(=O)O)C1(C)C. The highest BCUT2D eigenvalue weighted by molar-refractivity contribution is 5.78. The van der Waals surface area contributed by atoms with Crippen molar-refractivity contribution in [2.45, 2.75) is 26.7 Å². The van der Waals surface area contributed by atoms with Crippen molar-refractivity contribution in [1.29, 1.82) is 0 Å². The molecule has 1 N–H and O–H groups in total. The van der Waals surface area contributed by atoms with Gasteiger partial charge in [-0.15, -0.1) is 0 Å². The lowest BCUT2D eigenvalue weighted by Crippen LogP contribution is -2.03. The molecule has 0 heterocycles. The summed E-state index contributed by atoms with van der Waals surface area (Å²) in [6, 6.07) is 7.73. The van der Waals surface area contributed by atoms with E-state index >= 15 is 0 Å². The second kappa shape index (κ2) is 4.06. The molecule has 0 radical (unpaired) electrons. The molecular formula is C14H18O3. The normalized spacial score (nSPS) is 25.4. The Morgan fingerprint density at radius 1 is 1.41 bits per heavy atom. The maximum Gasteiger partial charge on any atom is 0.307 e. The van der Waals surface area contributed by atoms with Crippen LogP contribution >= 0.6 is 0 Å². The van der Waals surface area contributed by atoms with E-state index < -0.39 is 5.97 Å². The number of aliphatic carboxylic acids is 1. The molecule has 0 aromatic heterocycles. The van der Waals surface area contributed by atoms with E-state index in [1.54, 1.807) is 0 Å². The summed E-state index contributed by atoms with van der Waals surface area (Å²) in [5.41, 5.74) is 0.839. The first-order chi connectivity index (χ1) is 8.00. The zero-order valence-corrected chi connectivity index (χ0v) is 10.4. The second-order valence-corrected chi connectivity index (χ2v) is 5.09. The number of carbonyl (C=O) groups is 1. The average molecular weight is 234 g/mol. The van der Waals surface area contributed by atoms with Crippen LogP contribution in [0.1, 0.15) is 32.3 Å². The van der Waals surface area contributed by atoms with Gasteiger partial charge < -0.3 is 9.84 Å². The molecule has 1 aromatic rings. The van der Waals surface area contributed by atoms with Crippen molar-refractivity contribution in [1.82, 2.24) is 0 Å². The van der Waals surface area contributed by atoms with Gasteiger partial charge in [-0.3, -0.25) is 4.79 Å². The monoisotopic (exact) mass is 234 g/mol. The Morgan fingerprint density at radius 2 is 2.06 bits per heavy atom. The molecule has 92 valence electrons. The molecule has 3 heteroatoms. The minimum absolute atomic E-state index is 0.0581. The minimum atomic E-state index is -0.716. The molecule has 1 saturated carbocycles. The first-order valence-corrected chi connectivity index (χ1v) is 5.94. The Hall–Kier alpha value is -1.51. The number of hydrogen-bond donors (Lipinski definition) is 1. The van der Waals surface area contributed by atoms with Crippen LogP contribution in [0.25, 0.3) is 0 Å². The molecule has 17 heavy (non-hydrogen) atoms. The van der Waals surface area contributed by atoms with Crippen LogP contribution in [-0.2, 0) is 4.79 Å². The van der Waals surface area contributed by atoms with E-state index in [0.717, 1.165) is 11.3 Å². The summed E-state index contributed by atoms with van der Waals surface area (Å²) in [6.45, 7) is 6.53. The largest absolute Gasteiger partial charge is 0.494 e. The Labute approximate surface area is 101 Å². The van der Waals surface area contributed by atoms with Crippen LogP contribution in [0.4, 0.5) is 0 Å². The molecule has 0 amide bonds. The lowest BCUT2D eigenvalue weighted by molar-refractivity contribution is -0.139. The Kier molecular flexibility index (Phi) is 2.86. The van der Waals surface area contributed by atoms with Crippen LogP contribution in [0, 0.1) is 11.3 Å². The number of hydrogen-bond acceptors (Lipinski definition) is 2. The van der Waals surface area contributed by atoms with E-state index in [0.29, 0.717) is 6.61 Å². The summed E-state index contributed by atoms with van der Waals surface area (Å²) >= 11 is 0. The molecule has 1 aliphatic carbocycles. The van der Waals surface area contributed by atoms with E-state index in [2.05, 4.69) is 0 Å². The van der Waals surface area contributed by atoms with E-state index in [1.807, 2.05) is 45.0 Å². The van der Waals surface area contributed by atoms with Gasteiger partial charge in [-0.25, -0.2) is 0 Å². The third-order valence-electron chi connectivity index (χ3n) is 3.65. The van der Waals surface area contributed by atoms with E-state index in [-0.39, 0.29) is 17.3 Å². The third kappa shape index (κ3) is 1.90. The molecule has 0 bridgehead atoms. The zero-order valence-electron chi connectivity index (χ0n) is 10.4. The molecule has 1 aromatic carbocycles. The van der Waals surface area contributed by atoms with E-state index in [1.165, 1.54) is 0 Å². The highest BCUT2D eigenvalue weighted by atomic mass is 16.5. The molecule has 3 nitrogen and oxygen atoms in total. The Morgan fingerprint density at radius 3 is 2.59 bits per heavy atom. The van der Waals surface area contributed by atoms with Crippen LogP contribution in [0.15, 0.2) is 24.3 Å². The molecule has 0 aliphatic heterocycles. The summed E-state index contributed by atoms with van der Waals surface area (Å²) in [6.07, 6.45) is 0. The molecule has 0 unspecified atom stereocenters. The van der Waals surface area contributed by atoms with Crippen LogP contribution in [0.5, 0.6) is 5.75 Å². The molecule has 0 saturated heterocycles. The van der Waals surface area contributed by atoms with Gasteiger partial charge in [0.05, 0.1) is 12.5 Å². The molecule has 2 atom stereocenters. The first kappa shape index (κ1) is 12.0. The first-order valence-electron chi connectivity index (χ1n) is 5.94. The highest BCUT2D eigenvalue weighted by Crippen LogP contribution is 2.65. The number of para-hydroxylation sites is 1. The Bertz CT molecular complexity index is 437. The summed E-state index contributed by atoms with van der Waals surface area (Å²) in [7, 11) is 0. The van der Waals surface area contributed by atoms with Gasteiger partial charge in [-0.2, -0.15) is 0 Å². The number of carboxylic acids is 1. The topological polar surface area (TPSA) is 46.5 Å². The minimum Gasteiger partial charge on any atom is -0.494 e. The average Bonchev–Trinajstić information content (AvgIpc) is 2.83. The Balaban J connectivity index is 2.33. The van der Waals surface area contributed by atoms with Crippen molar-refractivity contribution < 1.29 is 14.6 Å². The van der Waals surface area contributed by atoms with Gasteiger partial charge in [0.2, 0.25) is 0 Å². The lowest BCUT2D eigenvalue weighted by atomic mass is 10.0. The van der Waals surface area contributed by atoms with Gasteiger partial charge in [0.1, 0.15) is 5.75 Å². The molecule has 2 rings (SSSR count). The van der Waals surface area contributed by atoms with Crippen LogP contribution in [0.2, 0.25) is 0 Å². The van der Waals surface area contributed by atoms with Gasteiger partial charge in [0.15, 0.2) is 0 Å². The fraction of sp³-hybridized carbons (Fsp3) is 0.500. The van der Waals surface area contributed by atoms with Crippen LogP contribution in [0.3, 0.4) is 0 Å². The third-order valence-corrected chi connectivity index (χ3v) is 3.65. The van der Waals surface area contributed by atoms with Gasteiger partial charge >= 0.3 is 5.97 Å². The summed E-state index contributed by atoms with van der Waals surface area (Å²) < 4.78 is 5.57. The maximum atomic E-state index is 11.2. The van der Waals surface area contributed by atoms with Crippen LogP contribution < -0.4 is 4.74 Å². The molecule has 1 fully saturated rings. The van der Waals surface area contributed by atoms with Crippen molar-refractivity contribution in [3.8, 4) is 5.75 Å². The fourth-order valence-electron chi connectivity index (χ4n) is 2.70. The van der Waals surface area contributed by atoms with Crippen LogP contribution in [-0.4, -0.2) is 17.7 Å². The second-order valence-electron chi connectivity index (χ2n) is 5.09. The number of ether oxygens (including phenoxy) is 1.